The van der Waals surface area contributed by atoms with Gasteiger partial charge in [0.15, 0.2) is 0 Å². The molecule has 0 radical (unpaired) electrons. The van der Waals surface area contributed by atoms with Gasteiger partial charge in [-0.2, -0.15) is 0 Å². The molecule has 0 saturated heterocycles. The Hall–Kier alpha value is -1.40. The number of hydrogen-bond acceptors (Lipinski definition) is 2. The minimum absolute atomic E-state index is 0.0772. The molecule has 1 aliphatic rings. The molecule has 2 nitrogen and oxygen atoms in total. The summed E-state index contributed by atoms with van der Waals surface area (Å²) in [5.41, 5.74) is 2.94. The van der Waals surface area contributed by atoms with Crippen LogP contribution in [0.5, 0.6) is 0 Å². The highest BCUT2D eigenvalue weighted by atomic mass is 16.1. The van der Waals surface area contributed by atoms with Gasteiger partial charge in [-0.15, -0.1) is 0 Å². The molecule has 1 fully saturated rings. The highest BCUT2D eigenvalue weighted by Crippen LogP contribution is 2.41. The normalized spacial score (nSPS) is 18.1. The molecule has 0 spiro atoms. The molecule has 0 bridgehead atoms. The summed E-state index contributed by atoms with van der Waals surface area (Å²) in [5, 5.41) is 0. The average molecular weight is 257 g/mol. The van der Waals surface area contributed by atoms with Crippen LogP contribution in [-0.2, 0) is 15.6 Å². The van der Waals surface area contributed by atoms with E-state index >= 15 is 0 Å². The highest BCUT2D eigenvalue weighted by Gasteiger charge is 2.35. The number of benzene rings is 1. The SMILES string of the molecule is CC(C)(C)c1ccc(C2(CN=C=O)CCCC2)cc1. The van der Waals surface area contributed by atoms with Crippen LogP contribution in [-0.4, -0.2) is 12.6 Å². The van der Waals surface area contributed by atoms with Crippen LogP contribution in [0.3, 0.4) is 0 Å². The summed E-state index contributed by atoms with van der Waals surface area (Å²) in [6.45, 7) is 7.27. The van der Waals surface area contributed by atoms with E-state index in [0.717, 1.165) is 12.8 Å². The zero-order chi connectivity index (χ0) is 13.9. The number of nitrogens with zero attached hydrogens (tertiary/aromatic N) is 1. The monoisotopic (exact) mass is 257 g/mol. The van der Waals surface area contributed by atoms with Gasteiger partial charge in [0, 0.05) is 5.41 Å². The molecule has 0 atom stereocenters. The van der Waals surface area contributed by atoms with Gasteiger partial charge in [0.05, 0.1) is 6.54 Å². The largest absolute Gasteiger partial charge is 0.234 e. The predicted octanol–water partition coefficient (Wildman–Crippen LogP) is 4.13. The maximum Gasteiger partial charge on any atom is 0.234 e. The third kappa shape index (κ3) is 2.96. The van der Waals surface area contributed by atoms with Crippen LogP contribution in [0.25, 0.3) is 0 Å². The molecule has 102 valence electrons. The maximum atomic E-state index is 10.4. The van der Waals surface area contributed by atoms with Crippen molar-refractivity contribution in [2.75, 3.05) is 6.54 Å². The second kappa shape index (κ2) is 5.30. The fraction of sp³-hybridized carbons (Fsp3) is 0.588. The molecule has 0 heterocycles. The molecular formula is C17H23NO. The summed E-state index contributed by atoms with van der Waals surface area (Å²) >= 11 is 0. The van der Waals surface area contributed by atoms with Crippen LogP contribution in [0.4, 0.5) is 0 Å². The van der Waals surface area contributed by atoms with Crippen molar-refractivity contribution in [3.05, 3.63) is 35.4 Å². The first kappa shape index (κ1) is 14.0. The standard InChI is InChI=1S/C17H23NO/c1-16(2,3)14-6-8-15(9-7-14)17(12-18-13-19)10-4-5-11-17/h6-9H,4-5,10-12H2,1-3H3. The van der Waals surface area contributed by atoms with E-state index in [-0.39, 0.29) is 10.8 Å². The van der Waals surface area contributed by atoms with Gasteiger partial charge < -0.3 is 0 Å². The van der Waals surface area contributed by atoms with E-state index in [1.54, 1.807) is 6.08 Å². The zero-order valence-electron chi connectivity index (χ0n) is 12.2. The minimum atomic E-state index is 0.0772. The molecule has 0 aliphatic heterocycles. The van der Waals surface area contributed by atoms with Crippen LogP contribution in [0.15, 0.2) is 29.3 Å². The third-order valence-electron chi connectivity index (χ3n) is 4.37. The highest BCUT2D eigenvalue weighted by molar-refractivity contribution is 5.36. The molecule has 1 aromatic carbocycles. The predicted molar refractivity (Wildman–Crippen MR) is 78.3 cm³/mol. The van der Waals surface area contributed by atoms with Gasteiger partial charge in [-0.3, -0.25) is 0 Å². The lowest BCUT2D eigenvalue weighted by molar-refractivity contribution is 0.450. The summed E-state index contributed by atoms with van der Waals surface area (Å²) in [6, 6.07) is 8.90. The van der Waals surface area contributed by atoms with E-state index in [2.05, 4.69) is 50.0 Å². The lowest BCUT2D eigenvalue weighted by Crippen LogP contribution is -2.26. The summed E-state index contributed by atoms with van der Waals surface area (Å²) in [5.74, 6) is 0. The molecule has 2 heteroatoms. The molecule has 1 aliphatic carbocycles. The Morgan fingerprint density at radius 2 is 1.74 bits per heavy atom. The number of aliphatic imine (C=N–C) groups is 1. The van der Waals surface area contributed by atoms with E-state index < -0.39 is 0 Å². The number of carbonyl (C=O) groups excluding carboxylic acids is 1. The Bertz CT molecular complexity index is 469. The molecule has 0 unspecified atom stereocenters. The van der Waals surface area contributed by atoms with E-state index in [0.29, 0.717) is 6.54 Å². The minimum Gasteiger partial charge on any atom is -0.211 e. The van der Waals surface area contributed by atoms with Crippen molar-refractivity contribution in [1.29, 1.82) is 0 Å². The van der Waals surface area contributed by atoms with Crippen molar-refractivity contribution in [2.24, 2.45) is 4.99 Å². The van der Waals surface area contributed by atoms with Crippen molar-refractivity contribution in [1.82, 2.24) is 0 Å². The maximum absolute atomic E-state index is 10.4. The number of hydrogen-bond donors (Lipinski definition) is 0. The van der Waals surface area contributed by atoms with E-state index in [1.165, 1.54) is 24.0 Å². The van der Waals surface area contributed by atoms with Crippen LogP contribution < -0.4 is 0 Å². The summed E-state index contributed by atoms with van der Waals surface area (Å²) in [6.07, 6.45) is 6.43. The van der Waals surface area contributed by atoms with Crippen molar-refractivity contribution in [3.8, 4) is 0 Å². The molecular weight excluding hydrogens is 234 g/mol. The second-order valence-corrected chi connectivity index (χ2v) is 6.72. The lowest BCUT2D eigenvalue weighted by atomic mass is 9.77. The first-order valence-corrected chi connectivity index (χ1v) is 7.13. The quantitative estimate of drug-likeness (QED) is 0.591. The zero-order valence-corrected chi connectivity index (χ0v) is 12.2. The van der Waals surface area contributed by atoms with E-state index in [1.807, 2.05) is 0 Å². The molecule has 1 aromatic rings. The lowest BCUT2D eigenvalue weighted by Gasteiger charge is -2.28. The first-order chi connectivity index (χ1) is 8.98. The van der Waals surface area contributed by atoms with Crippen LogP contribution >= 0.6 is 0 Å². The van der Waals surface area contributed by atoms with Crippen LogP contribution in [0.1, 0.15) is 57.6 Å². The fourth-order valence-electron chi connectivity index (χ4n) is 3.10. The fourth-order valence-corrected chi connectivity index (χ4v) is 3.10. The Balaban J connectivity index is 2.30. The topological polar surface area (TPSA) is 29.4 Å². The number of isocyanates is 1. The average Bonchev–Trinajstić information content (AvgIpc) is 2.85. The summed E-state index contributed by atoms with van der Waals surface area (Å²) in [4.78, 5) is 14.3. The van der Waals surface area contributed by atoms with Gasteiger partial charge in [0.25, 0.3) is 0 Å². The van der Waals surface area contributed by atoms with Crippen molar-refractivity contribution < 1.29 is 4.79 Å². The van der Waals surface area contributed by atoms with Gasteiger partial charge in [-0.25, -0.2) is 9.79 Å². The first-order valence-electron chi connectivity index (χ1n) is 7.13. The van der Waals surface area contributed by atoms with Gasteiger partial charge in [0.2, 0.25) is 6.08 Å². The third-order valence-corrected chi connectivity index (χ3v) is 4.37. The molecule has 0 aromatic heterocycles. The second-order valence-electron chi connectivity index (χ2n) is 6.72. The van der Waals surface area contributed by atoms with Crippen LogP contribution in [0.2, 0.25) is 0 Å². The molecule has 1 saturated carbocycles. The van der Waals surface area contributed by atoms with Crippen LogP contribution in [0, 0.1) is 0 Å². The van der Waals surface area contributed by atoms with Gasteiger partial charge in [-0.1, -0.05) is 57.9 Å². The van der Waals surface area contributed by atoms with Crippen molar-refractivity contribution in [2.45, 2.75) is 57.3 Å². The van der Waals surface area contributed by atoms with Gasteiger partial charge in [0.1, 0.15) is 0 Å². The van der Waals surface area contributed by atoms with Gasteiger partial charge in [-0.05, 0) is 29.4 Å². The molecule has 0 N–H and O–H groups in total. The Morgan fingerprint density at radius 1 is 1.16 bits per heavy atom. The Labute approximate surface area is 115 Å². The van der Waals surface area contributed by atoms with E-state index in [9.17, 15) is 4.79 Å². The van der Waals surface area contributed by atoms with Crippen molar-refractivity contribution >= 4 is 6.08 Å². The molecule has 2 rings (SSSR count). The Kier molecular flexibility index (Phi) is 3.91. The smallest absolute Gasteiger partial charge is 0.211 e. The van der Waals surface area contributed by atoms with Gasteiger partial charge >= 0.3 is 0 Å². The molecule has 0 amide bonds. The van der Waals surface area contributed by atoms with Crippen molar-refractivity contribution in [3.63, 3.8) is 0 Å². The summed E-state index contributed by atoms with van der Waals surface area (Å²) < 4.78 is 0. The summed E-state index contributed by atoms with van der Waals surface area (Å²) in [7, 11) is 0. The van der Waals surface area contributed by atoms with E-state index in [4.69, 9.17) is 0 Å². The number of rotatable bonds is 3. The Morgan fingerprint density at radius 3 is 2.21 bits per heavy atom. The molecule has 19 heavy (non-hydrogen) atoms.